The molecule has 1 fully saturated rings. The highest BCUT2D eigenvalue weighted by Gasteiger charge is 2.35. The molecule has 2 aromatic rings. The molecule has 1 atom stereocenters. The van der Waals surface area contributed by atoms with Gasteiger partial charge >= 0.3 is 11.9 Å². The van der Waals surface area contributed by atoms with E-state index in [1.807, 2.05) is 36.4 Å². The number of hydrogen-bond donors (Lipinski definition) is 0. The molecule has 154 valence electrons. The second-order valence-electron chi connectivity index (χ2n) is 7.51. The summed E-state index contributed by atoms with van der Waals surface area (Å²) in [6.45, 7) is 1.66. The summed E-state index contributed by atoms with van der Waals surface area (Å²) >= 11 is 0. The highest BCUT2D eigenvalue weighted by Crippen LogP contribution is 2.44. The van der Waals surface area contributed by atoms with E-state index in [0.29, 0.717) is 5.06 Å². The Bertz CT molecular complexity index is 968. The van der Waals surface area contributed by atoms with Crippen LogP contribution in [0.4, 0.5) is 0 Å². The number of rotatable bonds is 6. The number of esters is 1. The first-order valence-electron chi connectivity index (χ1n) is 9.87. The van der Waals surface area contributed by atoms with Crippen LogP contribution in [0.2, 0.25) is 0 Å². The van der Waals surface area contributed by atoms with Crippen LogP contribution in [0.25, 0.3) is 11.1 Å². The molecule has 0 aromatic heterocycles. The molecule has 1 saturated heterocycles. The molecule has 0 spiro atoms. The van der Waals surface area contributed by atoms with Gasteiger partial charge in [-0.2, -0.15) is 0 Å². The smallest absolute Gasteiger partial charge is 0.336 e. The van der Waals surface area contributed by atoms with E-state index < -0.39 is 29.7 Å². The normalized spacial score (nSPS) is 16.2. The molecule has 0 saturated carbocycles. The van der Waals surface area contributed by atoms with Gasteiger partial charge in [-0.25, -0.2) is 4.79 Å². The van der Waals surface area contributed by atoms with Crippen molar-refractivity contribution < 1.29 is 28.8 Å². The van der Waals surface area contributed by atoms with Crippen LogP contribution in [0.15, 0.2) is 48.5 Å². The van der Waals surface area contributed by atoms with Crippen LogP contribution in [0.1, 0.15) is 43.2 Å². The molecule has 2 aliphatic rings. The Balaban J connectivity index is 1.35. The first kappa shape index (κ1) is 19.8. The van der Waals surface area contributed by atoms with Crippen LogP contribution in [0.5, 0.6) is 0 Å². The van der Waals surface area contributed by atoms with E-state index >= 15 is 0 Å². The van der Waals surface area contributed by atoms with Gasteiger partial charge in [0, 0.05) is 18.8 Å². The summed E-state index contributed by atoms with van der Waals surface area (Å²) in [4.78, 5) is 52.4. The summed E-state index contributed by atoms with van der Waals surface area (Å²) in [6.07, 6.45) is -0.162. The van der Waals surface area contributed by atoms with Crippen LogP contribution in [-0.4, -0.2) is 35.4 Å². The summed E-state index contributed by atoms with van der Waals surface area (Å²) in [7, 11) is 0. The molecule has 0 N–H and O–H groups in total. The van der Waals surface area contributed by atoms with Crippen molar-refractivity contribution in [2.45, 2.75) is 32.1 Å². The highest BCUT2D eigenvalue weighted by molar-refractivity contribution is 6.01. The first-order valence-corrected chi connectivity index (χ1v) is 9.87. The number of carbonyl (C=O) groups excluding carboxylic acids is 4. The molecule has 1 heterocycles. The Morgan fingerprint density at radius 2 is 1.50 bits per heavy atom. The van der Waals surface area contributed by atoms with Crippen LogP contribution in [0, 0.1) is 5.92 Å². The van der Waals surface area contributed by atoms with E-state index in [1.165, 1.54) is 6.92 Å². The van der Waals surface area contributed by atoms with Crippen molar-refractivity contribution in [3.05, 3.63) is 59.7 Å². The van der Waals surface area contributed by atoms with Crippen molar-refractivity contribution in [3.8, 4) is 11.1 Å². The van der Waals surface area contributed by atoms with Gasteiger partial charge in [0.2, 0.25) is 0 Å². The third-order valence-electron chi connectivity index (χ3n) is 5.44. The zero-order valence-corrected chi connectivity index (χ0v) is 16.5. The second-order valence-corrected chi connectivity index (χ2v) is 7.51. The predicted molar refractivity (Wildman–Crippen MR) is 106 cm³/mol. The Labute approximate surface area is 173 Å². The Morgan fingerprint density at radius 3 is 2.07 bits per heavy atom. The molecule has 0 unspecified atom stereocenters. The predicted octanol–water partition coefficient (Wildman–Crippen LogP) is 2.98. The molecule has 0 radical (unpaired) electrons. The van der Waals surface area contributed by atoms with Gasteiger partial charge in [0.05, 0.1) is 12.3 Å². The van der Waals surface area contributed by atoms with Gasteiger partial charge in [0.15, 0.2) is 0 Å². The molecular weight excluding hydrogens is 386 g/mol. The minimum atomic E-state index is -0.846. The standard InChI is InChI=1S/C23H21NO6/c1-14(23(28)30-24-20(25)10-11-21(24)26)12-22(27)29-13-19-17-8-4-2-6-15(17)16-7-3-5-9-18(16)19/h2-9,14,19H,10-13H2,1H3/t14-/m0/s1. The van der Waals surface area contributed by atoms with E-state index in [4.69, 9.17) is 9.57 Å². The number of carbonyl (C=O) groups is 4. The number of benzene rings is 2. The van der Waals surface area contributed by atoms with E-state index in [2.05, 4.69) is 12.1 Å². The molecule has 7 heteroatoms. The molecule has 4 rings (SSSR count). The monoisotopic (exact) mass is 407 g/mol. The zero-order valence-electron chi connectivity index (χ0n) is 16.5. The average Bonchev–Trinajstić information content (AvgIpc) is 3.24. The molecule has 30 heavy (non-hydrogen) atoms. The maximum atomic E-state index is 12.3. The van der Waals surface area contributed by atoms with Crippen molar-refractivity contribution in [2.24, 2.45) is 5.92 Å². The Hall–Kier alpha value is -3.48. The fraction of sp³-hybridized carbons (Fsp3) is 0.304. The van der Waals surface area contributed by atoms with Gasteiger partial charge in [-0.1, -0.05) is 55.5 Å². The van der Waals surface area contributed by atoms with E-state index in [-0.39, 0.29) is 31.8 Å². The first-order chi connectivity index (χ1) is 14.5. The third-order valence-corrected chi connectivity index (χ3v) is 5.44. The number of nitrogens with zero attached hydrogens (tertiary/aromatic N) is 1. The lowest BCUT2D eigenvalue weighted by Gasteiger charge is -2.17. The van der Waals surface area contributed by atoms with Gasteiger partial charge in [-0.05, 0) is 22.3 Å². The summed E-state index contributed by atoms with van der Waals surface area (Å²) in [5, 5.41) is 0.483. The van der Waals surface area contributed by atoms with E-state index in [0.717, 1.165) is 22.3 Å². The van der Waals surface area contributed by atoms with Gasteiger partial charge < -0.3 is 9.57 Å². The summed E-state index contributed by atoms with van der Waals surface area (Å²) in [5.41, 5.74) is 4.46. The SMILES string of the molecule is C[C@@H](CC(=O)OCC1c2ccccc2-c2ccccc21)C(=O)ON1C(=O)CCC1=O. The Kier molecular flexibility index (Phi) is 5.35. The zero-order chi connectivity index (χ0) is 21.3. The summed E-state index contributed by atoms with van der Waals surface area (Å²) in [5.74, 6) is -3.37. The van der Waals surface area contributed by atoms with Crippen LogP contribution >= 0.6 is 0 Å². The van der Waals surface area contributed by atoms with Gasteiger partial charge in [0.1, 0.15) is 6.61 Å². The number of amides is 2. The van der Waals surface area contributed by atoms with Gasteiger partial charge in [0.25, 0.3) is 11.8 Å². The number of fused-ring (bicyclic) bond motifs is 3. The Morgan fingerprint density at radius 1 is 0.967 bits per heavy atom. The lowest BCUT2D eigenvalue weighted by atomic mass is 9.98. The molecule has 0 bridgehead atoms. The minimum absolute atomic E-state index is 0.0207. The lowest BCUT2D eigenvalue weighted by molar-refractivity contribution is -0.200. The fourth-order valence-electron chi connectivity index (χ4n) is 3.85. The van der Waals surface area contributed by atoms with Crippen LogP contribution < -0.4 is 0 Å². The minimum Gasteiger partial charge on any atom is -0.465 e. The molecule has 7 nitrogen and oxygen atoms in total. The van der Waals surface area contributed by atoms with Crippen molar-refractivity contribution in [1.82, 2.24) is 5.06 Å². The number of imide groups is 1. The third kappa shape index (κ3) is 3.70. The lowest BCUT2D eigenvalue weighted by Crippen LogP contribution is -2.34. The number of hydroxylamine groups is 2. The van der Waals surface area contributed by atoms with Gasteiger partial charge in [-0.3, -0.25) is 14.4 Å². The topological polar surface area (TPSA) is 90.0 Å². The maximum Gasteiger partial charge on any atom is 0.336 e. The number of hydrogen-bond acceptors (Lipinski definition) is 6. The molecule has 2 amide bonds. The van der Waals surface area contributed by atoms with E-state index in [1.54, 1.807) is 0 Å². The van der Waals surface area contributed by atoms with Crippen LogP contribution in [-0.2, 0) is 28.8 Å². The largest absolute Gasteiger partial charge is 0.465 e. The van der Waals surface area contributed by atoms with Crippen LogP contribution in [0.3, 0.4) is 0 Å². The van der Waals surface area contributed by atoms with Crippen molar-refractivity contribution >= 4 is 23.8 Å². The number of ether oxygens (including phenoxy) is 1. The second kappa shape index (κ2) is 8.10. The highest BCUT2D eigenvalue weighted by atomic mass is 16.7. The molecular formula is C23H21NO6. The van der Waals surface area contributed by atoms with Crippen molar-refractivity contribution in [1.29, 1.82) is 0 Å². The fourth-order valence-corrected chi connectivity index (χ4v) is 3.85. The molecule has 1 aliphatic heterocycles. The quantitative estimate of drug-likeness (QED) is 0.540. The van der Waals surface area contributed by atoms with E-state index in [9.17, 15) is 19.2 Å². The molecule has 1 aliphatic carbocycles. The maximum absolute atomic E-state index is 12.3. The van der Waals surface area contributed by atoms with Crippen molar-refractivity contribution in [3.63, 3.8) is 0 Å². The van der Waals surface area contributed by atoms with Crippen molar-refractivity contribution in [2.75, 3.05) is 6.61 Å². The summed E-state index contributed by atoms with van der Waals surface area (Å²) < 4.78 is 5.48. The molecule has 2 aromatic carbocycles. The summed E-state index contributed by atoms with van der Waals surface area (Å²) in [6, 6.07) is 16.0. The van der Waals surface area contributed by atoms with Gasteiger partial charge in [-0.15, -0.1) is 5.06 Å². The average molecular weight is 407 g/mol.